The average Bonchev–Trinajstić information content (AvgIpc) is 3.39. The summed E-state index contributed by atoms with van der Waals surface area (Å²) in [5.74, 6) is 0.495. The standard InChI is InChI=1S/C32H40N4OS/c1-23-9-13-26(14-10-23)29-22-38-31(34-29)35-30(37)21-25-11-15-28(16-12-25)33-24(2)32(17-19-36(3)20-18-32)27-7-5-4-6-8-27/h4-10,13-14,22,25,28,33H,2,11-12,15-21H2,1,3H3,(H,34,35,37). The molecule has 0 bridgehead atoms. The predicted octanol–water partition coefficient (Wildman–Crippen LogP) is 6.77. The molecule has 1 amide bonds. The number of rotatable bonds is 8. The molecule has 1 aliphatic heterocycles. The van der Waals surface area contributed by atoms with Crippen LogP contribution in [0.5, 0.6) is 0 Å². The largest absolute Gasteiger partial charge is 0.385 e. The molecule has 0 spiro atoms. The Morgan fingerprint density at radius 2 is 1.74 bits per heavy atom. The monoisotopic (exact) mass is 528 g/mol. The van der Waals surface area contributed by atoms with Crippen LogP contribution in [0.3, 0.4) is 0 Å². The zero-order valence-corrected chi connectivity index (χ0v) is 23.5. The Morgan fingerprint density at radius 3 is 2.42 bits per heavy atom. The van der Waals surface area contributed by atoms with Gasteiger partial charge in [-0.15, -0.1) is 11.3 Å². The van der Waals surface area contributed by atoms with Crippen molar-refractivity contribution in [2.45, 2.75) is 63.3 Å². The molecule has 1 saturated carbocycles. The summed E-state index contributed by atoms with van der Waals surface area (Å²) in [6.07, 6.45) is 7.03. The lowest BCUT2D eigenvalue weighted by atomic mass is 9.70. The number of aryl methyl sites for hydroxylation is 1. The Bertz CT molecular complexity index is 1220. The maximum Gasteiger partial charge on any atom is 0.226 e. The number of piperidine rings is 1. The van der Waals surface area contributed by atoms with Crippen LogP contribution in [0, 0.1) is 12.8 Å². The molecule has 3 aromatic rings. The number of allylic oxidation sites excluding steroid dienone is 1. The molecular weight excluding hydrogens is 488 g/mol. The van der Waals surface area contributed by atoms with Gasteiger partial charge in [0.2, 0.25) is 5.91 Å². The van der Waals surface area contributed by atoms with Crippen LogP contribution >= 0.6 is 11.3 Å². The zero-order valence-electron chi connectivity index (χ0n) is 22.7. The number of benzene rings is 2. The molecule has 2 fully saturated rings. The number of nitrogens with one attached hydrogen (secondary N) is 2. The lowest BCUT2D eigenvalue weighted by Gasteiger charge is -2.44. The minimum absolute atomic E-state index is 0.00432. The Kier molecular flexibility index (Phi) is 8.29. The van der Waals surface area contributed by atoms with Crippen LogP contribution in [0.2, 0.25) is 0 Å². The van der Waals surface area contributed by atoms with E-state index in [1.165, 1.54) is 28.2 Å². The summed E-state index contributed by atoms with van der Waals surface area (Å²) in [7, 11) is 2.21. The highest BCUT2D eigenvalue weighted by Gasteiger charge is 2.39. The van der Waals surface area contributed by atoms with Gasteiger partial charge in [-0.2, -0.15) is 0 Å². The van der Waals surface area contributed by atoms with Crippen molar-refractivity contribution in [2.24, 2.45) is 5.92 Å². The number of aromatic nitrogens is 1. The van der Waals surface area contributed by atoms with E-state index in [0.29, 0.717) is 23.5 Å². The van der Waals surface area contributed by atoms with Crippen molar-refractivity contribution < 1.29 is 4.79 Å². The average molecular weight is 529 g/mol. The van der Waals surface area contributed by atoms with Gasteiger partial charge in [0, 0.05) is 34.5 Å². The maximum absolute atomic E-state index is 12.8. The maximum atomic E-state index is 12.8. The van der Waals surface area contributed by atoms with Gasteiger partial charge >= 0.3 is 0 Å². The van der Waals surface area contributed by atoms with Crippen LogP contribution in [0.4, 0.5) is 5.13 Å². The number of amides is 1. The highest BCUT2D eigenvalue weighted by Crippen LogP contribution is 2.41. The van der Waals surface area contributed by atoms with Gasteiger partial charge in [-0.3, -0.25) is 4.79 Å². The highest BCUT2D eigenvalue weighted by molar-refractivity contribution is 7.14. The first-order valence-corrected chi connectivity index (χ1v) is 14.8. The number of anilines is 1. The smallest absolute Gasteiger partial charge is 0.226 e. The first-order chi connectivity index (χ1) is 18.4. The van der Waals surface area contributed by atoms with Gasteiger partial charge in [-0.25, -0.2) is 4.98 Å². The van der Waals surface area contributed by atoms with Gasteiger partial charge in [0.15, 0.2) is 5.13 Å². The molecule has 2 aliphatic rings. The van der Waals surface area contributed by atoms with Crippen molar-refractivity contribution in [3.8, 4) is 11.3 Å². The van der Waals surface area contributed by atoms with Crippen LogP contribution in [-0.2, 0) is 10.2 Å². The van der Waals surface area contributed by atoms with E-state index in [4.69, 9.17) is 0 Å². The van der Waals surface area contributed by atoms with E-state index in [0.717, 1.165) is 62.9 Å². The lowest BCUT2D eigenvalue weighted by Crippen LogP contribution is -2.47. The third kappa shape index (κ3) is 6.19. The summed E-state index contributed by atoms with van der Waals surface area (Å²) < 4.78 is 0. The van der Waals surface area contributed by atoms with Gasteiger partial charge in [0.25, 0.3) is 0 Å². The fourth-order valence-corrected chi connectivity index (χ4v) is 6.77. The summed E-state index contributed by atoms with van der Waals surface area (Å²) >= 11 is 1.49. The number of hydrogen-bond acceptors (Lipinski definition) is 5. The quantitative estimate of drug-likeness (QED) is 0.339. The van der Waals surface area contributed by atoms with Gasteiger partial charge in [0.05, 0.1) is 5.69 Å². The summed E-state index contributed by atoms with van der Waals surface area (Å²) in [5, 5.41) is 9.59. The molecule has 2 aromatic carbocycles. The van der Waals surface area contributed by atoms with Crippen LogP contribution in [0.25, 0.3) is 11.3 Å². The molecule has 0 radical (unpaired) electrons. The Balaban J connectivity index is 1.11. The second-order valence-corrected chi connectivity index (χ2v) is 12.1. The van der Waals surface area contributed by atoms with Crippen LogP contribution in [0.1, 0.15) is 56.1 Å². The predicted molar refractivity (Wildman–Crippen MR) is 158 cm³/mol. The van der Waals surface area contributed by atoms with Crippen LogP contribution < -0.4 is 10.6 Å². The second kappa shape index (κ2) is 11.8. The van der Waals surface area contributed by atoms with E-state index in [2.05, 4.69) is 95.7 Å². The van der Waals surface area contributed by atoms with Crippen molar-refractivity contribution in [2.75, 3.05) is 25.5 Å². The number of nitrogens with zero attached hydrogens (tertiary/aromatic N) is 2. The lowest BCUT2D eigenvalue weighted by molar-refractivity contribution is -0.117. The van der Waals surface area contributed by atoms with Crippen molar-refractivity contribution in [3.05, 3.63) is 83.4 Å². The van der Waals surface area contributed by atoms with E-state index < -0.39 is 0 Å². The van der Waals surface area contributed by atoms with Gasteiger partial charge in [-0.1, -0.05) is 66.7 Å². The Morgan fingerprint density at radius 1 is 1.05 bits per heavy atom. The molecule has 1 aliphatic carbocycles. The molecule has 6 heteroatoms. The fourth-order valence-electron chi connectivity index (χ4n) is 6.04. The molecule has 0 atom stereocenters. The highest BCUT2D eigenvalue weighted by atomic mass is 32.1. The van der Waals surface area contributed by atoms with E-state index in [1.807, 2.05) is 5.38 Å². The number of carbonyl (C=O) groups excluding carboxylic acids is 1. The third-order valence-corrected chi connectivity index (χ3v) is 9.30. The first-order valence-electron chi connectivity index (χ1n) is 13.9. The fraction of sp³-hybridized carbons (Fsp3) is 0.438. The normalized spacial score (nSPS) is 21.5. The molecule has 2 heterocycles. The molecule has 5 nitrogen and oxygen atoms in total. The number of likely N-dealkylation sites (tertiary alicyclic amines) is 1. The molecule has 200 valence electrons. The Hall–Kier alpha value is -2.96. The molecule has 38 heavy (non-hydrogen) atoms. The van der Waals surface area contributed by atoms with Gasteiger partial charge < -0.3 is 15.5 Å². The number of thiazole rings is 1. The molecule has 1 saturated heterocycles. The number of carbonyl (C=O) groups is 1. The minimum atomic E-state index is -0.00432. The SMILES string of the molecule is C=C(NC1CCC(CC(=O)Nc2nc(-c3ccc(C)cc3)cs2)CC1)C1(c2ccccc2)CCN(C)CC1. The van der Waals surface area contributed by atoms with Gasteiger partial charge in [-0.05, 0) is 77.1 Å². The molecule has 0 unspecified atom stereocenters. The summed E-state index contributed by atoms with van der Waals surface area (Å²) in [4.78, 5) is 19.8. The van der Waals surface area contributed by atoms with Crippen molar-refractivity contribution in [1.82, 2.24) is 15.2 Å². The summed E-state index contributed by atoms with van der Waals surface area (Å²) in [5.41, 5.74) is 5.76. The third-order valence-electron chi connectivity index (χ3n) is 8.54. The van der Waals surface area contributed by atoms with Crippen molar-refractivity contribution in [3.63, 3.8) is 0 Å². The van der Waals surface area contributed by atoms with Crippen molar-refractivity contribution in [1.29, 1.82) is 0 Å². The Labute approximate surface area is 231 Å². The summed E-state index contributed by atoms with van der Waals surface area (Å²) in [6.45, 7) is 8.84. The second-order valence-electron chi connectivity index (χ2n) is 11.2. The molecule has 2 N–H and O–H groups in total. The summed E-state index contributed by atoms with van der Waals surface area (Å²) in [6, 6.07) is 19.7. The van der Waals surface area contributed by atoms with Crippen LogP contribution in [0.15, 0.2) is 72.3 Å². The van der Waals surface area contributed by atoms with E-state index in [1.54, 1.807) is 0 Å². The van der Waals surface area contributed by atoms with E-state index in [9.17, 15) is 4.79 Å². The van der Waals surface area contributed by atoms with Crippen LogP contribution in [-0.4, -0.2) is 42.0 Å². The molecule has 1 aromatic heterocycles. The minimum Gasteiger partial charge on any atom is -0.385 e. The van der Waals surface area contributed by atoms with E-state index in [-0.39, 0.29) is 11.3 Å². The first kappa shape index (κ1) is 26.6. The number of hydrogen-bond donors (Lipinski definition) is 2. The van der Waals surface area contributed by atoms with Crippen molar-refractivity contribution >= 4 is 22.4 Å². The van der Waals surface area contributed by atoms with E-state index >= 15 is 0 Å². The topological polar surface area (TPSA) is 57.3 Å². The zero-order chi connectivity index (χ0) is 26.5. The molecular formula is C32H40N4OS. The molecule has 5 rings (SSSR count). The van der Waals surface area contributed by atoms with Gasteiger partial charge in [0.1, 0.15) is 0 Å².